The quantitative estimate of drug-likeness (QED) is 0.856. The van der Waals surface area contributed by atoms with Gasteiger partial charge in [-0.15, -0.1) is 12.4 Å². The lowest BCUT2D eigenvalue weighted by Crippen LogP contribution is -2.43. The van der Waals surface area contributed by atoms with E-state index in [1.807, 2.05) is 54.6 Å². The summed E-state index contributed by atoms with van der Waals surface area (Å²) in [6.45, 7) is 0.365. The van der Waals surface area contributed by atoms with Crippen LogP contribution in [0, 0.1) is 0 Å². The van der Waals surface area contributed by atoms with Gasteiger partial charge in [0.1, 0.15) is 5.75 Å². The molecule has 1 amide bonds. The van der Waals surface area contributed by atoms with Crippen LogP contribution in [0.3, 0.4) is 0 Å². The number of methoxy groups -OCH3 is 1. The first-order chi connectivity index (χ1) is 10.1. The Kier molecular flexibility index (Phi) is 6.40. The molecule has 0 fully saturated rings. The molecular formula is C17H21ClN2O2. The first-order valence-electron chi connectivity index (χ1n) is 6.85. The summed E-state index contributed by atoms with van der Waals surface area (Å²) in [5.74, 6) is 0.335. The Morgan fingerprint density at radius 2 is 1.59 bits per heavy atom. The number of primary amides is 1. The minimum absolute atomic E-state index is 0. The fourth-order valence-corrected chi connectivity index (χ4v) is 2.68. The zero-order valence-electron chi connectivity index (χ0n) is 12.5. The molecule has 0 radical (unpaired) electrons. The third-order valence-corrected chi connectivity index (χ3v) is 3.79. The Bertz CT molecular complexity index is 602. The standard InChI is InChI=1S/C17H20N2O2.ClH/c1-21-15-9-7-14(8-10-15)17(11-12-18,16(19)20)13-5-3-2-4-6-13;/h2-10H,11-12,18H2,1H3,(H2,19,20);1H. The van der Waals surface area contributed by atoms with E-state index in [1.54, 1.807) is 7.11 Å². The van der Waals surface area contributed by atoms with Crippen LogP contribution >= 0.6 is 12.4 Å². The van der Waals surface area contributed by atoms with Gasteiger partial charge in [0.2, 0.25) is 5.91 Å². The summed E-state index contributed by atoms with van der Waals surface area (Å²) in [4.78, 5) is 12.3. The van der Waals surface area contributed by atoms with Crippen LogP contribution in [0.4, 0.5) is 0 Å². The van der Waals surface area contributed by atoms with Gasteiger partial charge in [0.15, 0.2) is 0 Å². The molecule has 2 aromatic carbocycles. The van der Waals surface area contributed by atoms with Crippen molar-refractivity contribution < 1.29 is 9.53 Å². The van der Waals surface area contributed by atoms with Crippen LogP contribution in [0.1, 0.15) is 17.5 Å². The van der Waals surface area contributed by atoms with E-state index in [-0.39, 0.29) is 12.4 Å². The van der Waals surface area contributed by atoms with Crippen molar-refractivity contribution in [3.8, 4) is 5.75 Å². The second kappa shape index (κ2) is 7.82. The van der Waals surface area contributed by atoms with Crippen LogP contribution in [0.5, 0.6) is 5.75 Å². The van der Waals surface area contributed by atoms with Gasteiger partial charge in [0.25, 0.3) is 0 Å². The maximum atomic E-state index is 12.3. The summed E-state index contributed by atoms with van der Waals surface area (Å²) < 4.78 is 5.17. The normalized spacial score (nSPS) is 12.8. The number of carbonyl (C=O) groups is 1. The number of hydrogen-bond acceptors (Lipinski definition) is 3. The van der Waals surface area contributed by atoms with Gasteiger partial charge in [-0.25, -0.2) is 0 Å². The highest BCUT2D eigenvalue weighted by molar-refractivity contribution is 5.90. The van der Waals surface area contributed by atoms with Gasteiger partial charge >= 0.3 is 0 Å². The van der Waals surface area contributed by atoms with Crippen molar-refractivity contribution in [2.75, 3.05) is 13.7 Å². The zero-order chi connectivity index (χ0) is 15.3. The van der Waals surface area contributed by atoms with Gasteiger partial charge in [-0.2, -0.15) is 0 Å². The molecule has 4 nitrogen and oxygen atoms in total. The second-order valence-corrected chi connectivity index (χ2v) is 4.90. The fraction of sp³-hybridized carbons (Fsp3) is 0.235. The van der Waals surface area contributed by atoms with E-state index in [2.05, 4.69) is 0 Å². The Morgan fingerprint density at radius 1 is 1.05 bits per heavy atom. The van der Waals surface area contributed by atoms with Crippen molar-refractivity contribution in [1.29, 1.82) is 0 Å². The van der Waals surface area contributed by atoms with Crippen molar-refractivity contribution in [1.82, 2.24) is 0 Å². The molecule has 2 aromatic rings. The lowest BCUT2D eigenvalue weighted by Gasteiger charge is -2.31. The Balaban J connectivity index is 0.00000242. The summed E-state index contributed by atoms with van der Waals surface area (Å²) in [5.41, 5.74) is 12.3. The van der Waals surface area contributed by atoms with Gasteiger partial charge in [-0.3, -0.25) is 4.79 Å². The molecule has 2 rings (SSSR count). The number of carbonyl (C=O) groups excluding carboxylic acids is 1. The first kappa shape index (κ1) is 18.0. The Morgan fingerprint density at radius 3 is 2.05 bits per heavy atom. The third-order valence-electron chi connectivity index (χ3n) is 3.79. The average molecular weight is 321 g/mol. The summed E-state index contributed by atoms with van der Waals surface area (Å²) in [7, 11) is 1.60. The molecule has 0 aliphatic rings. The lowest BCUT2D eigenvalue weighted by atomic mass is 9.71. The summed E-state index contributed by atoms with van der Waals surface area (Å²) >= 11 is 0. The van der Waals surface area contributed by atoms with Crippen LogP contribution in [-0.4, -0.2) is 19.6 Å². The SMILES string of the molecule is COc1ccc(C(CCN)(C(N)=O)c2ccccc2)cc1.Cl. The second-order valence-electron chi connectivity index (χ2n) is 4.90. The summed E-state index contributed by atoms with van der Waals surface area (Å²) in [6, 6.07) is 16.9. The number of amides is 1. The maximum Gasteiger partial charge on any atom is 0.232 e. The molecule has 1 atom stereocenters. The molecule has 1 unspecified atom stereocenters. The molecule has 22 heavy (non-hydrogen) atoms. The first-order valence-corrected chi connectivity index (χ1v) is 6.85. The molecule has 0 saturated heterocycles. The molecule has 0 spiro atoms. The summed E-state index contributed by atoms with van der Waals surface area (Å²) in [5, 5.41) is 0. The predicted molar refractivity (Wildman–Crippen MR) is 90.3 cm³/mol. The van der Waals surface area contributed by atoms with Gasteiger partial charge in [0.05, 0.1) is 12.5 Å². The molecule has 0 aliphatic carbocycles. The van der Waals surface area contributed by atoms with E-state index < -0.39 is 11.3 Å². The van der Waals surface area contributed by atoms with Crippen molar-refractivity contribution in [2.24, 2.45) is 11.5 Å². The number of ether oxygens (including phenoxy) is 1. The van der Waals surface area contributed by atoms with Crippen molar-refractivity contribution in [3.63, 3.8) is 0 Å². The van der Waals surface area contributed by atoms with Gasteiger partial charge < -0.3 is 16.2 Å². The van der Waals surface area contributed by atoms with E-state index in [0.29, 0.717) is 13.0 Å². The average Bonchev–Trinajstić information content (AvgIpc) is 2.53. The topological polar surface area (TPSA) is 78.3 Å². The fourth-order valence-electron chi connectivity index (χ4n) is 2.68. The third kappa shape index (κ3) is 3.24. The molecule has 0 saturated carbocycles. The van der Waals surface area contributed by atoms with Crippen LogP contribution in [0.15, 0.2) is 54.6 Å². The van der Waals surface area contributed by atoms with Gasteiger partial charge in [-0.1, -0.05) is 42.5 Å². The Labute approximate surface area is 136 Å². The number of rotatable bonds is 6. The maximum absolute atomic E-state index is 12.3. The van der Waals surface area contributed by atoms with Crippen LogP contribution < -0.4 is 16.2 Å². The predicted octanol–water partition coefficient (Wildman–Crippen LogP) is 2.24. The van der Waals surface area contributed by atoms with Crippen molar-refractivity contribution in [3.05, 3.63) is 65.7 Å². The smallest absolute Gasteiger partial charge is 0.232 e. The monoisotopic (exact) mass is 320 g/mol. The Hall–Kier alpha value is -2.04. The highest BCUT2D eigenvalue weighted by Gasteiger charge is 2.39. The van der Waals surface area contributed by atoms with E-state index >= 15 is 0 Å². The van der Waals surface area contributed by atoms with Gasteiger partial charge in [-0.05, 0) is 36.2 Å². The zero-order valence-corrected chi connectivity index (χ0v) is 13.3. The molecule has 0 aliphatic heterocycles. The minimum Gasteiger partial charge on any atom is -0.497 e. The van der Waals surface area contributed by atoms with E-state index in [4.69, 9.17) is 16.2 Å². The number of hydrogen-bond donors (Lipinski definition) is 2. The number of nitrogens with two attached hydrogens (primary N) is 2. The molecule has 0 aromatic heterocycles. The summed E-state index contributed by atoms with van der Waals surface area (Å²) in [6.07, 6.45) is 0.457. The molecule has 4 N–H and O–H groups in total. The van der Waals surface area contributed by atoms with Crippen molar-refractivity contribution >= 4 is 18.3 Å². The van der Waals surface area contributed by atoms with Crippen LogP contribution in [0.25, 0.3) is 0 Å². The van der Waals surface area contributed by atoms with E-state index in [9.17, 15) is 4.79 Å². The van der Waals surface area contributed by atoms with Gasteiger partial charge in [0, 0.05) is 0 Å². The lowest BCUT2D eigenvalue weighted by molar-refractivity contribution is -0.122. The number of benzene rings is 2. The molecule has 0 bridgehead atoms. The molecule has 5 heteroatoms. The van der Waals surface area contributed by atoms with Crippen LogP contribution in [-0.2, 0) is 10.2 Å². The number of halogens is 1. The minimum atomic E-state index is -0.914. The van der Waals surface area contributed by atoms with Crippen molar-refractivity contribution in [2.45, 2.75) is 11.8 Å². The highest BCUT2D eigenvalue weighted by atomic mass is 35.5. The largest absolute Gasteiger partial charge is 0.497 e. The molecular weight excluding hydrogens is 300 g/mol. The van der Waals surface area contributed by atoms with E-state index in [1.165, 1.54) is 0 Å². The highest BCUT2D eigenvalue weighted by Crippen LogP contribution is 2.36. The van der Waals surface area contributed by atoms with Crippen LogP contribution in [0.2, 0.25) is 0 Å². The molecule has 0 heterocycles. The molecule has 118 valence electrons. The van der Waals surface area contributed by atoms with E-state index in [0.717, 1.165) is 16.9 Å².